The van der Waals surface area contributed by atoms with Gasteiger partial charge in [-0.25, -0.2) is 0 Å². The average Bonchev–Trinajstić information content (AvgIpc) is 2.90. The highest BCUT2D eigenvalue weighted by Gasteiger charge is 2.40. The molecule has 0 aromatic rings. The van der Waals surface area contributed by atoms with Crippen LogP contribution < -0.4 is 5.73 Å². The Morgan fingerprint density at radius 1 is 1.11 bits per heavy atom. The van der Waals surface area contributed by atoms with Crippen molar-refractivity contribution in [3.05, 3.63) is 0 Å². The quantitative estimate of drug-likeness (QED) is 0.831. The fourth-order valence-corrected chi connectivity index (χ4v) is 5.02. The molecule has 3 rings (SSSR count). The molecule has 3 atom stereocenters. The van der Waals surface area contributed by atoms with Crippen molar-refractivity contribution in [3.8, 4) is 0 Å². The third-order valence-corrected chi connectivity index (χ3v) is 5.86. The summed E-state index contributed by atoms with van der Waals surface area (Å²) >= 11 is 0. The third kappa shape index (κ3) is 2.75. The standard InChI is InChI=1S/C16H30N2/c1-18(12-16(17)7-3-2-4-8-16)11-15-10-13-5-6-14(15)9-13/h13-15H,2-12,17H2,1H3. The van der Waals surface area contributed by atoms with Crippen LogP contribution in [0.5, 0.6) is 0 Å². The zero-order chi connectivity index (χ0) is 12.6. The van der Waals surface area contributed by atoms with Crippen LogP contribution in [0.2, 0.25) is 0 Å². The van der Waals surface area contributed by atoms with E-state index >= 15 is 0 Å². The van der Waals surface area contributed by atoms with Gasteiger partial charge in [0.05, 0.1) is 0 Å². The molecule has 3 unspecified atom stereocenters. The van der Waals surface area contributed by atoms with Gasteiger partial charge in [0, 0.05) is 18.6 Å². The molecule has 0 amide bonds. The molecule has 3 fully saturated rings. The Balaban J connectivity index is 1.48. The van der Waals surface area contributed by atoms with Gasteiger partial charge in [0.25, 0.3) is 0 Å². The number of hydrogen-bond donors (Lipinski definition) is 1. The van der Waals surface area contributed by atoms with Gasteiger partial charge < -0.3 is 10.6 Å². The van der Waals surface area contributed by atoms with Crippen molar-refractivity contribution in [2.45, 2.75) is 63.3 Å². The van der Waals surface area contributed by atoms with E-state index in [0.29, 0.717) is 0 Å². The lowest BCUT2D eigenvalue weighted by Gasteiger charge is -2.38. The zero-order valence-corrected chi connectivity index (χ0v) is 12.0. The SMILES string of the molecule is CN(CC1CC2CCC1C2)CC1(N)CCCCC1. The summed E-state index contributed by atoms with van der Waals surface area (Å²) in [5.41, 5.74) is 6.70. The van der Waals surface area contributed by atoms with E-state index in [1.807, 2.05) is 0 Å². The van der Waals surface area contributed by atoms with Crippen LogP contribution in [0.3, 0.4) is 0 Å². The average molecular weight is 250 g/mol. The van der Waals surface area contributed by atoms with Gasteiger partial charge in [0.1, 0.15) is 0 Å². The van der Waals surface area contributed by atoms with Crippen molar-refractivity contribution in [2.24, 2.45) is 23.5 Å². The molecule has 0 radical (unpaired) electrons. The minimum atomic E-state index is 0.130. The Bertz CT molecular complexity index is 283. The molecule has 2 nitrogen and oxygen atoms in total. The molecule has 0 saturated heterocycles. The third-order valence-electron chi connectivity index (χ3n) is 5.86. The molecule has 3 aliphatic rings. The molecule has 104 valence electrons. The van der Waals surface area contributed by atoms with Crippen LogP contribution in [-0.2, 0) is 0 Å². The van der Waals surface area contributed by atoms with Crippen LogP contribution in [0.1, 0.15) is 57.8 Å². The van der Waals surface area contributed by atoms with E-state index in [-0.39, 0.29) is 5.54 Å². The first-order valence-corrected chi connectivity index (χ1v) is 8.12. The van der Waals surface area contributed by atoms with E-state index in [4.69, 9.17) is 5.73 Å². The van der Waals surface area contributed by atoms with Crippen LogP contribution in [0.4, 0.5) is 0 Å². The van der Waals surface area contributed by atoms with Gasteiger partial charge in [-0.15, -0.1) is 0 Å². The van der Waals surface area contributed by atoms with Gasteiger partial charge >= 0.3 is 0 Å². The zero-order valence-electron chi connectivity index (χ0n) is 12.0. The fourth-order valence-electron chi connectivity index (χ4n) is 5.02. The van der Waals surface area contributed by atoms with E-state index in [0.717, 1.165) is 24.3 Å². The molecule has 2 N–H and O–H groups in total. The van der Waals surface area contributed by atoms with E-state index in [2.05, 4.69) is 11.9 Å². The van der Waals surface area contributed by atoms with Crippen LogP contribution in [0.15, 0.2) is 0 Å². The van der Waals surface area contributed by atoms with Crippen molar-refractivity contribution in [1.29, 1.82) is 0 Å². The highest BCUT2D eigenvalue weighted by atomic mass is 15.1. The molecule has 3 saturated carbocycles. The van der Waals surface area contributed by atoms with Gasteiger partial charge in [-0.3, -0.25) is 0 Å². The minimum absolute atomic E-state index is 0.130. The van der Waals surface area contributed by atoms with Gasteiger partial charge in [-0.05, 0) is 56.9 Å². The molecule has 0 aliphatic heterocycles. The Morgan fingerprint density at radius 2 is 1.89 bits per heavy atom. The molecule has 18 heavy (non-hydrogen) atoms. The van der Waals surface area contributed by atoms with Crippen LogP contribution in [0, 0.1) is 17.8 Å². The molecule has 2 bridgehead atoms. The molecule has 2 heteroatoms. The summed E-state index contributed by atoms with van der Waals surface area (Å²) in [4.78, 5) is 2.55. The number of nitrogens with zero attached hydrogens (tertiary/aromatic N) is 1. The second-order valence-corrected chi connectivity index (χ2v) is 7.55. The Hall–Kier alpha value is -0.0800. The number of rotatable bonds is 4. The monoisotopic (exact) mass is 250 g/mol. The Kier molecular flexibility index (Phi) is 3.68. The molecule has 0 aromatic heterocycles. The summed E-state index contributed by atoms with van der Waals surface area (Å²) in [6, 6.07) is 0. The fraction of sp³-hybridized carbons (Fsp3) is 1.00. The predicted octanol–water partition coefficient (Wildman–Crippen LogP) is 3.02. The van der Waals surface area contributed by atoms with Crippen molar-refractivity contribution in [2.75, 3.05) is 20.1 Å². The lowest BCUT2D eigenvalue weighted by molar-refractivity contribution is 0.159. The summed E-state index contributed by atoms with van der Waals surface area (Å²) in [5, 5.41) is 0. The second-order valence-electron chi connectivity index (χ2n) is 7.55. The second kappa shape index (κ2) is 5.13. The summed E-state index contributed by atoms with van der Waals surface area (Å²) in [6.07, 6.45) is 12.6. The van der Waals surface area contributed by atoms with E-state index < -0.39 is 0 Å². The Labute approximate surface area is 112 Å². The Morgan fingerprint density at radius 3 is 2.50 bits per heavy atom. The van der Waals surface area contributed by atoms with Crippen molar-refractivity contribution in [3.63, 3.8) is 0 Å². The maximum atomic E-state index is 6.57. The van der Waals surface area contributed by atoms with Crippen LogP contribution in [0.25, 0.3) is 0 Å². The maximum absolute atomic E-state index is 6.57. The lowest BCUT2D eigenvalue weighted by atomic mass is 9.81. The van der Waals surface area contributed by atoms with E-state index in [9.17, 15) is 0 Å². The van der Waals surface area contributed by atoms with E-state index in [1.54, 1.807) is 0 Å². The summed E-state index contributed by atoms with van der Waals surface area (Å²) in [5.74, 6) is 3.12. The minimum Gasteiger partial charge on any atom is -0.324 e. The first-order valence-electron chi connectivity index (χ1n) is 8.12. The molecule has 0 aromatic carbocycles. The van der Waals surface area contributed by atoms with Gasteiger partial charge in [0.2, 0.25) is 0 Å². The van der Waals surface area contributed by atoms with Crippen molar-refractivity contribution < 1.29 is 0 Å². The number of fused-ring (bicyclic) bond motifs is 2. The van der Waals surface area contributed by atoms with Gasteiger partial charge in [-0.2, -0.15) is 0 Å². The summed E-state index contributed by atoms with van der Waals surface area (Å²) in [7, 11) is 2.30. The van der Waals surface area contributed by atoms with Crippen LogP contribution in [-0.4, -0.2) is 30.6 Å². The first-order chi connectivity index (χ1) is 8.65. The smallest absolute Gasteiger partial charge is 0.0283 e. The summed E-state index contributed by atoms with van der Waals surface area (Å²) < 4.78 is 0. The lowest BCUT2D eigenvalue weighted by Crippen LogP contribution is -2.51. The topological polar surface area (TPSA) is 29.3 Å². The highest BCUT2D eigenvalue weighted by Crippen LogP contribution is 2.48. The number of nitrogens with two attached hydrogens (primary N) is 1. The number of hydrogen-bond acceptors (Lipinski definition) is 2. The highest BCUT2D eigenvalue weighted by molar-refractivity contribution is 4.93. The maximum Gasteiger partial charge on any atom is 0.0283 e. The normalized spacial score (nSPS) is 38.5. The molecule has 0 heterocycles. The van der Waals surface area contributed by atoms with Gasteiger partial charge in [0.15, 0.2) is 0 Å². The van der Waals surface area contributed by atoms with Crippen molar-refractivity contribution in [1.82, 2.24) is 4.90 Å². The first kappa shape index (κ1) is 12.9. The molecular weight excluding hydrogens is 220 g/mol. The predicted molar refractivity (Wildman–Crippen MR) is 76.4 cm³/mol. The summed E-state index contributed by atoms with van der Waals surface area (Å²) in [6.45, 7) is 2.43. The molecule has 3 aliphatic carbocycles. The van der Waals surface area contributed by atoms with Gasteiger partial charge in [-0.1, -0.05) is 25.7 Å². The van der Waals surface area contributed by atoms with Crippen LogP contribution >= 0.6 is 0 Å². The molecule has 0 spiro atoms. The molecular formula is C16H30N2. The largest absolute Gasteiger partial charge is 0.324 e. The van der Waals surface area contributed by atoms with Crippen molar-refractivity contribution >= 4 is 0 Å². The number of likely N-dealkylation sites (N-methyl/N-ethyl adjacent to an activating group) is 1. The van der Waals surface area contributed by atoms with E-state index in [1.165, 1.54) is 64.3 Å².